The Morgan fingerprint density at radius 2 is 1.88 bits per heavy atom. The summed E-state index contributed by atoms with van der Waals surface area (Å²) in [5, 5.41) is 0. The van der Waals surface area contributed by atoms with Crippen molar-refractivity contribution in [3.8, 4) is 0 Å². The number of sulfonamides is 1. The van der Waals surface area contributed by atoms with Crippen molar-refractivity contribution in [3.63, 3.8) is 0 Å². The van der Waals surface area contributed by atoms with E-state index in [-0.39, 0.29) is 36.5 Å². The first-order chi connectivity index (χ1) is 15.7. The molecule has 9 heteroatoms. The molecule has 2 heterocycles. The van der Waals surface area contributed by atoms with E-state index in [2.05, 4.69) is 0 Å². The average Bonchev–Trinajstić information content (AvgIpc) is 3.39. The predicted octanol–water partition coefficient (Wildman–Crippen LogP) is 3.35. The number of nitrogens with zero attached hydrogens (tertiary/aromatic N) is 2. The summed E-state index contributed by atoms with van der Waals surface area (Å²) in [7, 11) is -3.92. The summed E-state index contributed by atoms with van der Waals surface area (Å²) in [5.74, 6) is -0.854. The second-order valence-corrected chi connectivity index (χ2v) is 10.0. The first kappa shape index (κ1) is 25.1. The van der Waals surface area contributed by atoms with E-state index in [0.29, 0.717) is 35.7 Å². The van der Waals surface area contributed by atoms with E-state index in [1.165, 1.54) is 16.4 Å². The Hall–Kier alpha value is -2.49. The number of ketones is 1. The molecular weight excluding hydrogens is 444 g/mol. The number of hydrogen-bond acceptors (Lipinski definition) is 6. The highest BCUT2D eigenvalue weighted by atomic mass is 32.2. The topological polar surface area (TPSA) is 94.9 Å². The maximum Gasteiger partial charge on any atom is 0.355 e. The van der Waals surface area contributed by atoms with Gasteiger partial charge in [-0.3, -0.25) is 4.79 Å². The van der Waals surface area contributed by atoms with Crippen LogP contribution in [-0.2, 0) is 26.0 Å². The van der Waals surface area contributed by atoms with Crippen LogP contribution in [0.25, 0.3) is 0 Å². The van der Waals surface area contributed by atoms with Crippen LogP contribution in [0.5, 0.6) is 0 Å². The summed E-state index contributed by atoms with van der Waals surface area (Å²) >= 11 is 0. The van der Waals surface area contributed by atoms with Gasteiger partial charge in [0, 0.05) is 31.0 Å². The van der Waals surface area contributed by atoms with Crippen LogP contribution in [0.2, 0.25) is 0 Å². The molecule has 0 unspecified atom stereocenters. The average molecular weight is 477 g/mol. The summed E-state index contributed by atoms with van der Waals surface area (Å²) in [4.78, 5) is 26.2. The van der Waals surface area contributed by atoms with Crippen LogP contribution in [0.4, 0.5) is 0 Å². The molecule has 180 valence electrons. The number of esters is 1. The highest BCUT2D eigenvalue weighted by Crippen LogP contribution is 2.26. The predicted molar refractivity (Wildman–Crippen MR) is 124 cm³/mol. The highest BCUT2D eigenvalue weighted by Gasteiger charge is 2.33. The van der Waals surface area contributed by atoms with Crippen LogP contribution in [-0.4, -0.2) is 61.4 Å². The Kier molecular flexibility index (Phi) is 8.10. The number of carbonyl (C=O) groups is 2. The molecule has 0 radical (unpaired) electrons. The molecule has 1 aromatic heterocycles. The Balaban J connectivity index is 1.98. The number of benzene rings is 1. The van der Waals surface area contributed by atoms with Gasteiger partial charge in [-0.25, -0.2) is 13.2 Å². The lowest BCUT2D eigenvalue weighted by Crippen LogP contribution is -2.41. The first-order valence-corrected chi connectivity index (χ1v) is 12.7. The van der Waals surface area contributed by atoms with Gasteiger partial charge in [0.05, 0.1) is 24.2 Å². The van der Waals surface area contributed by atoms with E-state index in [1.54, 1.807) is 43.5 Å². The molecule has 1 aliphatic rings. The molecular formula is C24H32N2O6S. The third-order valence-electron chi connectivity index (χ3n) is 5.96. The fourth-order valence-electron chi connectivity index (χ4n) is 4.41. The summed E-state index contributed by atoms with van der Waals surface area (Å²) in [5.41, 5.74) is 1.82. The quantitative estimate of drug-likeness (QED) is 0.386. The van der Waals surface area contributed by atoms with E-state index in [0.717, 1.165) is 12.8 Å². The molecule has 3 rings (SSSR count). The minimum Gasteiger partial charge on any atom is -0.461 e. The minimum atomic E-state index is -3.92. The number of hydrogen-bond donors (Lipinski definition) is 0. The van der Waals surface area contributed by atoms with Crippen LogP contribution < -0.4 is 0 Å². The number of Topliss-reactive ketones (excluding diaryl/α,β-unsaturated/α-hetero) is 1. The molecule has 1 aromatic carbocycles. The molecule has 33 heavy (non-hydrogen) atoms. The van der Waals surface area contributed by atoms with Crippen molar-refractivity contribution < 1.29 is 27.5 Å². The van der Waals surface area contributed by atoms with Crippen LogP contribution in [0.15, 0.2) is 35.2 Å². The molecule has 1 saturated heterocycles. The number of aromatic nitrogens is 1. The summed E-state index contributed by atoms with van der Waals surface area (Å²) in [6.45, 7) is 8.12. The SMILES string of the molecule is CCOC(=O)c1c(C)c(C(=O)CN(C[C@@H]2CCCO2)S(=O)(=O)c2ccccc2)c(C)n1CC. The molecule has 0 spiro atoms. The third kappa shape index (κ3) is 5.20. The van der Waals surface area contributed by atoms with Crippen molar-refractivity contribution in [1.82, 2.24) is 8.87 Å². The molecule has 1 aliphatic heterocycles. The standard InChI is InChI=1S/C24H32N2O6S/c1-5-26-18(4)22(17(3)23(26)24(28)31-6-2)21(27)16-25(15-19-11-10-14-32-19)33(29,30)20-12-8-7-9-13-20/h7-9,12-13,19H,5-6,10-11,14-16H2,1-4H3/t19-/m0/s1. The van der Waals surface area contributed by atoms with Crippen LogP contribution in [0, 0.1) is 13.8 Å². The molecule has 2 aromatic rings. The van der Waals surface area contributed by atoms with Gasteiger partial charge in [0.2, 0.25) is 10.0 Å². The monoisotopic (exact) mass is 476 g/mol. The summed E-state index contributed by atoms with van der Waals surface area (Å²) < 4.78 is 40.6. The maximum atomic E-state index is 13.5. The van der Waals surface area contributed by atoms with Gasteiger partial charge in [-0.05, 0) is 58.2 Å². The lowest BCUT2D eigenvalue weighted by molar-refractivity contribution is 0.0512. The zero-order valence-electron chi connectivity index (χ0n) is 19.7. The fourth-order valence-corrected chi connectivity index (χ4v) is 5.86. The van der Waals surface area contributed by atoms with Gasteiger partial charge < -0.3 is 14.0 Å². The molecule has 0 aliphatic carbocycles. The van der Waals surface area contributed by atoms with Crippen LogP contribution in [0.1, 0.15) is 58.8 Å². The second kappa shape index (κ2) is 10.6. The molecule has 0 amide bonds. The Bertz CT molecular complexity index is 1100. The van der Waals surface area contributed by atoms with Gasteiger partial charge >= 0.3 is 5.97 Å². The number of ether oxygens (including phenoxy) is 2. The normalized spacial score (nSPS) is 16.3. The van der Waals surface area contributed by atoms with Gasteiger partial charge in [-0.2, -0.15) is 4.31 Å². The number of rotatable bonds is 10. The molecule has 0 bridgehead atoms. The zero-order valence-corrected chi connectivity index (χ0v) is 20.5. The minimum absolute atomic E-state index is 0.0975. The number of carbonyl (C=O) groups excluding carboxylic acids is 2. The fraction of sp³-hybridized carbons (Fsp3) is 0.500. The highest BCUT2D eigenvalue weighted by molar-refractivity contribution is 7.89. The lowest BCUT2D eigenvalue weighted by atomic mass is 10.1. The van der Waals surface area contributed by atoms with Gasteiger partial charge in [0.25, 0.3) is 0 Å². The molecule has 8 nitrogen and oxygen atoms in total. The van der Waals surface area contributed by atoms with Gasteiger partial charge in [0.15, 0.2) is 5.78 Å². The van der Waals surface area contributed by atoms with Crippen molar-refractivity contribution in [3.05, 3.63) is 52.8 Å². The van der Waals surface area contributed by atoms with Gasteiger partial charge in [0.1, 0.15) is 5.69 Å². The van der Waals surface area contributed by atoms with Crippen molar-refractivity contribution in [2.24, 2.45) is 0 Å². The largest absolute Gasteiger partial charge is 0.461 e. The van der Waals surface area contributed by atoms with Crippen molar-refractivity contribution in [2.75, 3.05) is 26.3 Å². The lowest BCUT2D eigenvalue weighted by Gasteiger charge is -2.24. The van der Waals surface area contributed by atoms with Crippen LogP contribution in [0.3, 0.4) is 0 Å². The van der Waals surface area contributed by atoms with Gasteiger partial charge in [-0.1, -0.05) is 18.2 Å². The Morgan fingerprint density at radius 1 is 1.18 bits per heavy atom. The molecule has 1 fully saturated rings. The first-order valence-electron chi connectivity index (χ1n) is 11.3. The maximum absolute atomic E-state index is 13.5. The van der Waals surface area contributed by atoms with Gasteiger partial charge in [-0.15, -0.1) is 0 Å². The van der Waals surface area contributed by atoms with Crippen molar-refractivity contribution >= 4 is 21.8 Å². The Morgan fingerprint density at radius 3 is 2.45 bits per heavy atom. The summed E-state index contributed by atoms with van der Waals surface area (Å²) in [6, 6.07) is 8.09. The zero-order chi connectivity index (χ0) is 24.2. The van der Waals surface area contributed by atoms with E-state index < -0.39 is 16.0 Å². The van der Waals surface area contributed by atoms with Crippen molar-refractivity contribution in [1.29, 1.82) is 0 Å². The third-order valence-corrected chi connectivity index (χ3v) is 7.79. The van der Waals surface area contributed by atoms with E-state index in [9.17, 15) is 18.0 Å². The van der Waals surface area contributed by atoms with E-state index in [1.807, 2.05) is 6.92 Å². The Labute approximate surface area is 195 Å². The summed E-state index contributed by atoms with van der Waals surface area (Å²) in [6.07, 6.45) is 1.35. The molecule has 0 N–H and O–H groups in total. The molecule has 1 atom stereocenters. The van der Waals surface area contributed by atoms with E-state index in [4.69, 9.17) is 9.47 Å². The smallest absolute Gasteiger partial charge is 0.355 e. The van der Waals surface area contributed by atoms with Crippen LogP contribution >= 0.6 is 0 Å². The molecule has 0 saturated carbocycles. The van der Waals surface area contributed by atoms with Crippen molar-refractivity contribution in [2.45, 2.75) is 58.1 Å². The van der Waals surface area contributed by atoms with E-state index >= 15 is 0 Å². The second-order valence-electron chi connectivity index (χ2n) is 8.07.